The fourth-order valence-corrected chi connectivity index (χ4v) is 7.50. The normalized spacial score (nSPS) is 11.8. The van der Waals surface area contributed by atoms with Crippen LogP contribution in [0.3, 0.4) is 0 Å². The second-order valence-corrected chi connectivity index (χ2v) is 11.7. The van der Waals surface area contributed by atoms with E-state index < -0.39 is 0 Å². The van der Waals surface area contributed by atoms with E-state index in [-0.39, 0.29) is 0 Å². The third-order valence-electron chi connectivity index (χ3n) is 9.43. The number of benzene rings is 9. The van der Waals surface area contributed by atoms with Gasteiger partial charge in [0.15, 0.2) is 0 Å². The highest BCUT2D eigenvalue weighted by Crippen LogP contribution is 2.47. The first kappa shape index (κ1) is 24.2. The van der Waals surface area contributed by atoms with E-state index >= 15 is 0 Å². The standard InChI is InChI=1S/C43H28/c1-27-30-15-4-3-13-29(30)26-41-31(27)24-25-34-33(41)21-11-23-36(34)43-39-19-8-6-17-37(39)42(38-18-7-9-20-40(38)43)35-22-10-14-28-12-2-5-16-32(28)35/h2-26H,1H3. The Morgan fingerprint density at radius 1 is 0.279 bits per heavy atom. The van der Waals surface area contributed by atoms with Crippen molar-refractivity contribution in [2.75, 3.05) is 0 Å². The number of hydrogen-bond donors (Lipinski definition) is 0. The molecule has 0 radical (unpaired) electrons. The number of hydrogen-bond acceptors (Lipinski definition) is 0. The molecule has 0 heteroatoms. The second kappa shape index (κ2) is 9.28. The van der Waals surface area contributed by atoms with Crippen molar-refractivity contribution in [3.63, 3.8) is 0 Å². The van der Waals surface area contributed by atoms with Crippen molar-refractivity contribution in [3.05, 3.63) is 157 Å². The van der Waals surface area contributed by atoms with Gasteiger partial charge in [0, 0.05) is 0 Å². The zero-order valence-electron chi connectivity index (χ0n) is 23.9. The molecule has 0 saturated carbocycles. The highest BCUT2D eigenvalue weighted by atomic mass is 14.2. The van der Waals surface area contributed by atoms with E-state index in [4.69, 9.17) is 0 Å². The van der Waals surface area contributed by atoms with Gasteiger partial charge in [-0.2, -0.15) is 0 Å². The van der Waals surface area contributed by atoms with Crippen LogP contribution in [0.25, 0.3) is 86.9 Å². The number of aryl methyl sites for hydroxylation is 1. The first-order chi connectivity index (χ1) is 21.3. The van der Waals surface area contributed by atoms with Crippen LogP contribution in [0.1, 0.15) is 5.56 Å². The molecule has 0 spiro atoms. The average Bonchev–Trinajstić information content (AvgIpc) is 3.07. The highest BCUT2D eigenvalue weighted by Gasteiger charge is 2.19. The van der Waals surface area contributed by atoms with Crippen LogP contribution in [0.15, 0.2) is 152 Å². The van der Waals surface area contributed by atoms with Gasteiger partial charge in [-0.15, -0.1) is 0 Å². The maximum atomic E-state index is 2.38. The van der Waals surface area contributed by atoms with Crippen molar-refractivity contribution in [2.24, 2.45) is 0 Å². The molecule has 9 aromatic carbocycles. The molecule has 0 bridgehead atoms. The molecule has 0 aliphatic heterocycles. The summed E-state index contributed by atoms with van der Waals surface area (Å²) < 4.78 is 0. The van der Waals surface area contributed by atoms with E-state index in [0.717, 1.165) is 0 Å². The minimum Gasteiger partial charge on any atom is -0.0616 e. The molecule has 0 N–H and O–H groups in total. The average molecular weight is 545 g/mol. The maximum absolute atomic E-state index is 2.38. The Labute approximate surface area is 250 Å². The minimum absolute atomic E-state index is 1.26. The molecular formula is C43H28. The fraction of sp³-hybridized carbons (Fsp3) is 0.0233. The lowest BCUT2D eigenvalue weighted by Crippen LogP contribution is -1.92. The van der Waals surface area contributed by atoms with Gasteiger partial charge >= 0.3 is 0 Å². The van der Waals surface area contributed by atoms with Gasteiger partial charge < -0.3 is 0 Å². The summed E-state index contributed by atoms with van der Waals surface area (Å²) in [5.74, 6) is 0. The third-order valence-corrected chi connectivity index (χ3v) is 9.43. The van der Waals surface area contributed by atoms with Gasteiger partial charge in [0.1, 0.15) is 0 Å². The zero-order valence-corrected chi connectivity index (χ0v) is 23.9. The van der Waals surface area contributed by atoms with Crippen molar-refractivity contribution in [2.45, 2.75) is 6.92 Å². The van der Waals surface area contributed by atoms with Crippen LogP contribution in [0.4, 0.5) is 0 Å². The molecule has 0 unspecified atom stereocenters. The minimum atomic E-state index is 1.26. The molecule has 0 aliphatic rings. The first-order valence-corrected chi connectivity index (χ1v) is 15.0. The molecular weight excluding hydrogens is 516 g/mol. The van der Waals surface area contributed by atoms with Crippen molar-refractivity contribution in [1.29, 1.82) is 0 Å². The summed E-state index contributed by atoms with van der Waals surface area (Å²) in [7, 11) is 0. The van der Waals surface area contributed by atoms with E-state index in [0.29, 0.717) is 0 Å². The molecule has 200 valence electrons. The van der Waals surface area contributed by atoms with Crippen LogP contribution < -0.4 is 0 Å². The summed E-state index contributed by atoms with van der Waals surface area (Å²) in [5.41, 5.74) is 6.51. The van der Waals surface area contributed by atoms with Crippen LogP contribution in [-0.2, 0) is 0 Å². The number of fused-ring (bicyclic) bond motifs is 7. The van der Waals surface area contributed by atoms with Crippen molar-refractivity contribution in [1.82, 2.24) is 0 Å². The largest absolute Gasteiger partial charge is 0.0616 e. The third kappa shape index (κ3) is 3.50. The lowest BCUT2D eigenvalue weighted by atomic mass is 9.83. The van der Waals surface area contributed by atoms with Crippen molar-refractivity contribution >= 4 is 64.6 Å². The molecule has 0 heterocycles. The fourth-order valence-electron chi connectivity index (χ4n) is 7.50. The monoisotopic (exact) mass is 544 g/mol. The molecule has 0 aliphatic carbocycles. The van der Waals surface area contributed by atoms with Gasteiger partial charge in [0.2, 0.25) is 0 Å². The second-order valence-electron chi connectivity index (χ2n) is 11.7. The lowest BCUT2D eigenvalue weighted by Gasteiger charge is -2.20. The Morgan fingerprint density at radius 2 is 0.721 bits per heavy atom. The molecule has 0 saturated heterocycles. The van der Waals surface area contributed by atoms with Gasteiger partial charge in [0.25, 0.3) is 0 Å². The first-order valence-electron chi connectivity index (χ1n) is 15.0. The predicted octanol–water partition coefficient (Wildman–Crippen LogP) is 12.2. The van der Waals surface area contributed by atoms with Gasteiger partial charge in [-0.1, -0.05) is 146 Å². The van der Waals surface area contributed by atoms with Crippen molar-refractivity contribution < 1.29 is 0 Å². The summed E-state index contributed by atoms with van der Waals surface area (Å²) >= 11 is 0. The zero-order chi connectivity index (χ0) is 28.5. The van der Waals surface area contributed by atoms with E-state index in [9.17, 15) is 0 Å². The highest BCUT2D eigenvalue weighted by molar-refractivity contribution is 6.26. The SMILES string of the molecule is Cc1c2ccccc2cc2c1ccc1c(-c3c4ccccc4c(-c4cccc5ccccc45)c4ccccc34)cccc12. The molecule has 9 rings (SSSR count). The van der Waals surface area contributed by atoms with Crippen LogP contribution >= 0.6 is 0 Å². The Bertz CT molecular complexity index is 2500. The van der Waals surface area contributed by atoms with Crippen LogP contribution in [0.5, 0.6) is 0 Å². The van der Waals surface area contributed by atoms with Crippen LogP contribution in [0, 0.1) is 6.92 Å². The van der Waals surface area contributed by atoms with E-state index in [1.807, 2.05) is 0 Å². The van der Waals surface area contributed by atoms with Gasteiger partial charge in [0.05, 0.1) is 0 Å². The summed E-state index contributed by atoms with van der Waals surface area (Å²) in [6, 6.07) is 56.0. The summed E-state index contributed by atoms with van der Waals surface area (Å²) in [6.45, 7) is 2.26. The van der Waals surface area contributed by atoms with E-state index in [2.05, 4.69) is 159 Å². The summed E-state index contributed by atoms with van der Waals surface area (Å²) in [5, 5.41) is 15.5. The lowest BCUT2D eigenvalue weighted by molar-refractivity contribution is 1.59. The smallest absolute Gasteiger partial charge is 0.00201 e. The van der Waals surface area contributed by atoms with Crippen molar-refractivity contribution in [3.8, 4) is 22.3 Å². The van der Waals surface area contributed by atoms with E-state index in [1.54, 1.807) is 0 Å². The Balaban J connectivity index is 1.43. The van der Waals surface area contributed by atoms with Gasteiger partial charge in [-0.25, -0.2) is 0 Å². The summed E-state index contributed by atoms with van der Waals surface area (Å²) in [6.07, 6.45) is 0. The molecule has 9 aromatic rings. The quantitative estimate of drug-likeness (QED) is 0.150. The maximum Gasteiger partial charge on any atom is -0.00201 e. The predicted molar refractivity (Wildman–Crippen MR) is 187 cm³/mol. The molecule has 0 fully saturated rings. The molecule has 0 nitrogen and oxygen atoms in total. The molecule has 0 aromatic heterocycles. The van der Waals surface area contributed by atoms with Crippen LogP contribution in [-0.4, -0.2) is 0 Å². The number of rotatable bonds is 2. The topological polar surface area (TPSA) is 0 Å². The summed E-state index contributed by atoms with van der Waals surface area (Å²) in [4.78, 5) is 0. The van der Waals surface area contributed by atoms with Gasteiger partial charge in [-0.05, 0) is 105 Å². The Kier molecular flexibility index (Phi) is 5.21. The molecule has 0 amide bonds. The molecule has 43 heavy (non-hydrogen) atoms. The molecule has 0 atom stereocenters. The van der Waals surface area contributed by atoms with Gasteiger partial charge in [-0.3, -0.25) is 0 Å². The van der Waals surface area contributed by atoms with Crippen LogP contribution in [0.2, 0.25) is 0 Å². The van der Waals surface area contributed by atoms with E-state index in [1.165, 1.54) is 92.5 Å². The Hall–Kier alpha value is -5.46. The Morgan fingerprint density at radius 3 is 1.37 bits per heavy atom.